The summed E-state index contributed by atoms with van der Waals surface area (Å²) in [6.45, 7) is 5.16. The van der Waals surface area contributed by atoms with Crippen LogP contribution in [0.3, 0.4) is 0 Å². The number of thioether (sulfide) groups is 1. The lowest BCUT2D eigenvalue weighted by molar-refractivity contribution is 0.750. The van der Waals surface area contributed by atoms with E-state index in [1.807, 2.05) is 0 Å². The maximum Gasteiger partial charge on any atom is 0.157 e. The van der Waals surface area contributed by atoms with E-state index in [-0.39, 0.29) is 4.75 Å². The molecule has 0 saturated carbocycles. The minimum absolute atomic E-state index is 0.155. The topological polar surface area (TPSA) is 49.8 Å². The molecule has 0 fully saturated rings. The van der Waals surface area contributed by atoms with E-state index in [9.17, 15) is 0 Å². The third kappa shape index (κ3) is 3.42. The quantitative estimate of drug-likeness (QED) is 0.798. The van der Waals surface area contributed by atoms with Gasteiger partial charge in [-0.1, -0.05) is 11.6 Å². The fraction of sp³-hybridized carbons (Fsp3) is 0.600. The Kier molecular flexibility index (Phi) is 4.68. The van der Waals surface area contributed by atoms with Crippen molar-refractivity contribution in [2.45, 2.75) is 18.6 Å². The van der Waals surface area contributed by atoms with Gasteiger partial charge in [-0.25, -0.2) is 9.97 Å². The minimum Gasteiger partial charge on any atom is -0.383 e. The van der Waals surface area contributed by atoms with E-state index in [0.29, 0.717) is 5.15 Å². The molecule has 6 heteroatoms. The van der Waals surface area contributed by atoms with Gasteiger partial charge in [0.1, 0.15) is 12.0 Å². The second kappa shape index (κ2) is 5.59. The Morgan fingerprint density at radius 3 is 2.69 bits per heavy atom. The Labute approximate surface area is 106 Å². The molecule has 1 aromatic heterocycles. The Morgan fingerprint density at radius 1 is 1.44 bits per heavy atom. The molecule has 0 aromatic carbocycles. The van der Waals surface area contributed by atoms with Crippen LogP contribution in [-0.4, -0.2) is 34.6 Å². The van der Waals surface area contributed by atoms with Gasteiger partial charge < -0.3 is 10.6 Å². The van der Waals surface area contributed by atoms with Crippen molar-refractivity contribution < 1.29 is 0 Å². The zero-order valence-electron chi connectivity index (χ0n) is 9.97. The first kappa shape index (κ1) is 13.4. The van der Waals surface area contributed by atoms with E-state index in [1.54, 1.807) is 18.8 Å². The first-order chi connectivity index (χ1) is 7.50. The molecule has 16 heavy (non-hydrogen) atoms. The Hall–Kier alpha value is -0.680. The van der Waals surface area contributed by atoms with Gasteiger partial charge in [0.05, 0.1) is 0 Å². The van der Waals surface area contributed by atoms with Crippen molar-refractivity contribution >= 4 is 34.9 Å². The summed E-state index contributed by atoms with van der Waals surface area (Å²) < 4.78 is 0.155. The normalized spacial score (nSPS) is 11.3. The molecule has 2 N–H and O–H groups in total. The van der Waals surface area contributed by atoms with Crippen LogP contribution in [0.4, 0.5) is 11.5 Å². The lowest BCUT2D eigenvalue weighted by Crippen LogP contribution is -2.26. The molecule has 0 aliphatic heterocycles. The molecule has 0 spiro atoms. The zero-order chi connectivity index (χ0) is 12.2. The molecule has 1 rings (SSSR count). The highest BCUT2D eigenvalue weighted by molar-refractivity contribution is 7.99. The molecule has 0 amide bonds. The van der Waals surface area contributed by atoms with Gasteiger partial charge in [-0.15, -0.1) is 0 Å². The molecule has 0 aliphatic carbocycles. The summed E-state index contributed by atoms with van der Waals surface area (Å²) in [6.07, 6.45) is 3.55. The van der Waals surface area contributed by atoms with Crippen LogP contribution in [-0.2, 0) is 0 Å². The molecule has 1 heterocycles. The van der Waals surface area contributed by atoms with Crippen LogP contribution >= 0.6 is 23.4 Å². The van der Waals surface area contributed by atoms with Crippen molar-refractivity contribution in [2.75, 3.05) is 30.5 Å². The molecule has 4 nitrogen and oxygen atoms in total. The van der Waals surface area contributed by atoms with Crippen LogP contribution in [0.15, 0.2) is 6.33 Å². The monoisotopic (exact) mass is 260 g/mol. The molecule has 0 radical (unpaired) electrons. The van der Waals surface area contributed by atoms with Gasteiger partial charge in [0.2, 0.25) is 0 Å². The van der Waals surface area contributed by atoms with Gasteiger partial charge in [-0.05, 0) is 20.1 Å². The summed E-state index contributed by atoms with van der Waals surface area (Å²) in [5.41, 5.74) is 0.737. The molecular weight excluding hydrogens is 244 g/mol. The van der Waals surface area contributed by atoms with Gasteiger partial charge in [-0.2, -0.15) is 11.8 Å². The van der Waals surface area contributed by atoms with Gasteiger partial charge in [0, 0.05) is 18.3 Å². The van der Waals surface area contributed by atoms with Gasteiger partial charge in [-0.3, -0.25) is 0 Å². The first-order valence-corrected chi connectivity index (χ1v) is 6.57. The van der Waals surface area contributed by atoms with Crippen LogP contribution < -0.4 is 10.6 Å². The van der Waals surface area contributed by atoms with Crippen molar-refractivity contribution in [1.29, 1.82) is 0 Å². The summed E-state index contributed by atoms with van der Waals surface area (Å²) in [5.74, 6) is 0.740. The van der Waals surface area contributed by atoms with Crippen molar-refractivity contribution in [3.63, 3.8) is 0 Å². The molecule has 0 aliphatic rings. The summed E-state index contributed by atoms with van der Waals surface area (Å²) in [4.78, 5) is 8.09. The van der Waals surface area contributed by atoms with Crippen LogP contribution in [0.2, 0.25) is 5.15 Å². The largest absolute Gasteiger partial charge is 0.383 e. The Balaban J connectivity index is 2.78. The van der Waals surface area contributed by atoms with E-state index in [4.69, 9.17) is 11.6 Å². The third-order valence-electron chi connectivity index (χ3n) is 2.29. The van der Waals surface area contributed by atoms with Crippen LogP contribution in [0.1, 0.15) is 13.8 Å². The second-order valence-electron chi connectivity index (χ2n) is 3.96. The highest BCUT2D eigenvalue weighted by Gasteiger charge is 2.17. The summed E-state index contributed by atoms with van der Waals surface area (Å²) in [6, 6.07) is 0. The zero-order valence-corrected chi connectivity index (χ0v) is 11.5. The number of hydrogen-bond acceptors (Lipinski definition) is 5. The van der Waals surface area contributed by atoms with Crippen LogP contribution in [0.5, 0.6) is 0 Å². The molecule has 0 saturated heterocycles. The Morgan fingerprint density at radius 2 is 2.12 bits per heavy atom. The third-order valence-corrected chi connectivity index (χ3v) is 3.82. The second-order valence-corrected chi connectivity index (χ2v) is 5.83. The standard InChI is InChI=1S/C10H17ClN4S/c1-10(2,16-4)5-13-9-7(12-3)8(11)14-6-15-9/h6,12H,5H2,1-4H3,(H,13,14,15). The van der Waals surface area contributed by atoms with Crippen molar-refractivity contribution in [3.05, 3.63) is 11.5 Å². The molecule has 0 bridgehead atoms. The smallest absolute Gasteiger partial charge is 0.157 e. The van der Waals surface area contributed by atoms with Crippen LogP contribution in [0, 0.1) is 0 Å². The average Bonchev–Trinajstić information content (AvgIpc) is 2.26. The number of nitrogens with one attached hydrogen (secondary N) is 2. The molecule has 0 unspecified atom stereocenters. The highest BCUT2D eigenvalue weighted by atomic mass is 35.5. The van der Waals surface area contributed by atoms with E-state index >= 15 is 0 Å². The van der Waals surface area contributed by atoms with Gasteiger partial charge in [0.25, 0.3) is 0 Å². The number of rotatable bonds is 5. The Bertz CT molecular complexity index is 357. The number of halogens is 1. The average molecular weight is 261 g/mol. The lowest BCUT2D eigenvalue weighted by Gasteiger charge is -2.23. The maximum absolute atomic E-state index is 5.95. The van der Waals surface area contributed by atoms with Gasteiger partial charge >= 0.3 is 0 Å². The van der Waals surface area contributed by atoms with E-state index in [1.165, 1.54) is 6.33 Å². The van der Waals surface area contributed by atoms with E-state index in [2.05, 4.69) is 40.7 Å². The van der Waals surface area contributed by atoms with Crippen molar-refractivity contribution in [3.8, 4) is 0 Å². The predicted octanol–water partition coefficient (Wildman–Crippen LogP) is 2.73. The fourth-order valence-corrected chi connectivity index (χ4v) is 1.53. The predicted molar refractivity (Wildman–Crippen MR) is 72.7 cm³/mol. The van der Waals surface area contributed by atoms with E-state index in [0.717, 1.165) is 18.1 Å². The number of hydrogen-bond donors (Lipinski definition) is 2. The number of nitrogens with zero attached hydrogens (tertiary/aromatic N) is 2. The molecular formula is C10H17ClN4S. The minimum atomic E-state index is 0.155. The van der Waals surface area contributed by atoms with Crippen molar-refractivity contribution in [1.82, 2.24) is 9.97 Å². The van der Waals surface area contributed by atoms with Crippen molar-refractivity contribution in [2.24, 2.45) is 0 Å². The maximum atomic E-state index is 5.95. The molecule has 1 aromatic rings. The summed E-state index contributed by atoms with van der Waals surface area (Å²) in [5, 5.41) is 6.70. The first-order valence-electron chi connectivity index (χ1n) is 4.97. The molecule has 90 valence electrons. The van der Waals surface area contributed by atoms with Crippen LogP contribution in [0.25, 0.3) is 0 Å². The van der Waals surface area contributed by atoms with E-state index < -0.39 is 0 Å². The van der Waals surface area contributed by atoms with Gasteiger partial charge in [0.15, 0.2) is 11.0 Å². The molecule has 0 atom stereocenters. The lowest BCUT2D eigenvalue weighted by atomic mass is 10.2. The fourth-order valence-electron chi connectivity index (χ4n) is 1.09. The summed E-state index contributed by atoms with van der Waals surface area (Å²) in [7, 11) is 1.80. The summed E-state index contributed by atoms with van der Waals surface area (Å²) >= 11 is 7.76. The number of aromatic nitrogens is 2. The highest BCUT2D eigenvalue weighted by Crippen LogP contribution is 2.27. The number of anilines is 2. The SMILES string of the molecule is CNc1c(Cl)ncnc1NCC(C)(C)SC.